The summed E-state index contributed by atoms with van der Waals surface area (Å²) in [7, 11) is 0. The fourth-order valence-electron chi connectivity index (χ4n) is 1.42. The van der Waals surface area contributed by atoms with Crippen LogP contribution in [0.25, 0.3) is 0 Å². The molecule has 1 heterocycles. The lowest BCUT2D eigenvalue weighted by atomic mass is 10.2. The number of benzene rings is 1. The molecule has 1 aromatic heterocycles. The Kier molecular flexibility index (Phi) is 4.16. The van der Waals surface area contributed by atoms with Gasteiger partial charge in [-0.1, -0.05) is 15.9 Å². The van der Waals surface area contributed by atoms with Gasteiger partial charge in [-0.3, -0.25) is 10.1 Å². The van der Waals surface area contributed by atoms with Gasteiger partial charge in [-0.05, 0) is 46.6 Å². The van der Waals surface area contributed by atoms with Gasteiger partial charge in [0.25, 0.3) is 5.69 Å². The second-order valence-corrected chi connectivity index (χ2v) is 5.52. The van der Waals surface area contributed by atoms with Gasteiger partial charge in [0.05, 0.1) is 9.40 Å². The molecular weight excluding hydrogens is 380 g/mol. The van der Waals surface area contributed by atoms with Crippen molar-refractivity contribution < 1.29 is 9.66 Å². The molecule has 0 fully saturated rings. The van der Waals surface area contributed by atoms with E-state index in [1.54, 1.807) is 6.07 Å². The Balaban J connectivity index is 2.31. The van der Waals surface area contributed by atoms with Crippen LogP contribution in [0, 0.1) is 17.0 Å². The number of hydrogen-bond donors (Lipinski definition) is 0. The van der Waals surface area contributed by atoms with Crippen molar-refractivity contribution in [2.24, 2.45) is 0 Å². The Morgan fingerprint density at radius 1 is 1.32 bits per heavy atom. The van der Waals surface area contributed by atoms with Crippen LogP contribution < -0.4 is 4.74 Å². The lowest BCUT2D eigenvalue weighted by molar-refractivity contribution is -0.385. The third kappa shape index (κ3) is 3.30. The van der Waals surface area contributed by atoms with Crippen LogP contribution in [0.5, 0.6) is 11.6 Å². The van der Waals surface area contributed by atoms with Gasteiger partial charge in [0.2, 0.25) is 5.88 Å². The molecule has 0 saturated carbocycles. The maximum atomic E-state index is 10.6. The lowest BCUT2D eigenvalue weighted by Crippen LogP contribution is -1.94. The highest BCUT2D eigenvalue weighted by Crippen LogP contribution is 2.32. The Labute approximate surface area is 126 Å². The number of pyridine rings is 1. The number of rotatable bonds is 3. The minimum Gasteiger partial charge on any atom is -0.438 e. The van der Waals surface area contributed by atoms with Crippen molar-refractivity contribution >= 4 is 37.5 Å². The minimum absolute atomic E-state index is 0.0910. The molecule has 19 heavy (non-hydrogen) atoms. The third-order valence-corrected chi connectivity index (χ3v) is 3.41. The van der Waals surface area contributed by atoms with Crippen molar-refractivity contribution in [2.75, 3.05) is 0 Å². The molecule has 0 N–H and O–H groups in total. The number of nitro groups is 1. The predicted octanol–water partition coefficient (Wildman–Crippen LogP) is 4.62. The van der Waals surface area contributed by atoms with Crippen LogP contribution in [-0.4, -0.2) is 9.91 Å². The Hall–Kier alpha value is -1.47. The number of ether oxygens (including phenoxy) is 1. The Bertz CT molecular complexity index is 647. The van der Waals surface area contributed by atoms with Gasteiger partial charge < -0.3 is 4.74 Å². The zero-order valence-corrected chi connectivity index (χ0v) is 12.9. The van der Waals surface area contributed by atoms with Gasteiger partial charge in [0, 0.05) is 10.5 Å². The first-order valence-electron chi connectivity index (χ1n) is 5.21. The van der Waals surface area contributed by atoms with Crippen molar-refractivity contribution in [3.63, 3.8) is 0 Å². The van der Waals surface area contributed by atoms with Crippen LogP contribution in [0.15, 0.2) is 39.4 Å². The largest absolute Gasteiger partial charge is 0.438 e. The number of aromatic nitrogens is 1. The van der Waals surface area contributed by atoms with E-state index >= 15 is 0 Å². The van der Waals surface area contributed by atoms with Crippen molar-refractivity contribution in [2.45, 2.75) is 6.92 Å². The van der Waals surface area contributed by atoms with E-state index in [9.17, 15) is 10.1 Å². The van der Waals surface area contributed by atoms with E-state index in [0.29, 0.717) is 10.2 Å². The smallest absolute Gasteiger partial charge is 0.288 e. The lowest BCUT2D eigenvalue weighted by Gasteiger charge is -2.09. The maximum Gasteiger partial charge on any atom is 0.288 e. The quantitative estimate of drug-likeness (QED) is 0.569. The van der Waals surface area contributed by atoms with E-state index in [-0.39, 0.29) is 11.6 Å². The zero-order valence-electron chi connectivity index (χ0n) is 9.76. The highest BCUT2D eigenvalue weighted by molar-refractivity contribution is 9.10. The SMILES string of the molecule is Cc1cc(Br)ccc1Oc1ncc([N+](=O)[O-])cc1Br. The molecule has 0 aliphatic rings. The summed E-state index contributed by atoms with van der Waals surface area (Å²) in [5, 5.41) is 10.6. The fourth-order valence-corrected chi connectivity index (χ4v) is 2.32. The van der Waals surface area contributed by atoms with Gasteiger partial charge in [0.15, 0.2) is 0 Å². The summed E-state index contributed by atoms with van der Waals surface area (Å²) >= 11 is 6.58. The van der Waals surface area contributed by atoms with Crippen LogP contribution in [0.2, 0.25) is 0 Å². The topological polar surface area (TPSA) is 65.3 Å². The standard InChI is InChI=1S/C12H8Br2N2O3/c1-7-4-8(13)2-3-11(7)19-12-10(14)5-9(6-15-12)16(17)18/h2-6H,1H3. The molecule has 0 unspecified atom stereocenters. The van der Waals surface area contributed by atoms with Crippen LogP contribution in [-0.2, 0) is 0 Å². The predicted molar refractivity (Wildman–Crippen MR) is 77.5 cm³/mol. The molecule has 98 valence electrons. The average molecular weight is 388 g/mol. The molecule has 0 saturated heterocycles. The first kappa shape index (κ1) is 14.0. The summed E-state index contributed by atoms with van der Waals surface area (Å²) in [6, 6.07) is 6.92. The molecule has 1 aromatic carbocycles. The van der Waals surface area contributed by atoms with Crippen molar-refractivity contribution in [3.05, 3.63) is 55.1 Å². The molecule has 2 rings (SSSR count). The van der Waals surface area contributed by atoms with Crippen molar-refractivity contribution in [1.29, 1.82) is 0 Å². The van der Waals surface area contributed by atoms with Gasteiger partial charge in [0.1, 0.15) is 11.9 Å². The number of aryl methyl sites for hydroxylation is 1. The van der Waals surface area contributed by atoms with Gasteiger partial charge >= 0.3 is 0 Å². The molecule has 0 aliphatic carbocycles. The second-order valence-electron chi connectivity index (χ2n) is 3.75. The molecule has 2 aromatic rings. The third-order valence-electron chi connectivity index (χ3n) is 2.35. The minimum atomic E-state index is -0.508. The summed E-state index contributed by atoms with van der Waals surface area (Å²) in [6.07, 6.45) is 1.16. The number of hydrogen-bond acceptors (Lipinski definition) is 4. The van der Waals surface area contributed by atoms with E-state index in [1.165, 1.54) is 6.07 Å². The molecule has 0 atom stereocenters. The summed E-state index contributed by atoms with van der Waals surface area (Å²) in [6.45, 7) is 1.90. The van der Waals surface area contributed by atoms with Crippen molar-refractivity contribution in [3.8, 4) is 11.6 Å². The Morgan fingerprint density at radius 2 is 2.05 bits per heavy atom. The highest BCUT2D eigenvalue weighted by atomic mass is 79.9. The molecule has 0 radical (unpaired) electrons. The van der Waals surface area contributed by atoms with Crippen LogP contribution in [0.3, 0.4) is 0 Å². The molecule has 0 aliphatic heterocycles. The van der Waals surface area contributed by atoms with E-state index in [1.807, 2.05) is 19.1 Å². The molecular formula is C12H8Br2N2O3. The Morgan fingerprint density at radius 3 is 2.63 bits per heavy atom. The van der Waals surface area contributed by atoms with Crippen LogP contribution in [0.4, 0.5) is 5.69 Å². The highest BCUT2D eigenvalue weighted by Gasteiger charge is 2.13. The second kappa shape index (κ2) is 5.66. The van der Waals surface area contributed by atoms with E-state index in [2.05, 4.69) is 36.8 Å². The fraction of sp³-hybridized carbons (Fsp3) is 0.0833. The summed E-state index contributed by atoms with van der Waals surface area (Å²) in [5.74, 6) is 0.932. The van der Waals surface area contributed by atoms with Crippen LogP contribution in [0.1, 0.15) is 5.56 Å². The first-order chi connectivity index (χ1) is 8.97. The van der Waals surface area contributed by atoms with Crippen LogP contribution >= 0.6 is 31.9 Å². The normalized spacial score (nSPS) is 10.3. The monoisotopic (exact) mass is 386 g/mol. The van der Waals surface area contributed by atoms with Crippen molar-refractivity contribution in [1.82, 2.24) is 4.98 Å². The van der Waals surface area contributed by atoms with E-state index < -0.39 is 4.92 Å². The average Bonchev–Trinajstić information content (AvgIpc) is 2.34. The number of halogens is 2. The molecule has 5 nitrogen and oxygen atoms in total. The summed E-state index contributed by atoms with van der Waals surface area (Å²) < 4.78 is 7.01. The van der Waals surface area contributed by atoms with Gasteiger partial charge in [-0.2, -0.15) is 0 Å². The van der Waals surface area contributed by atoms with E-state index in [4.69, 9.17) is 4.74 Å². The molecule has 0 spiro atoms. The molecule has 0 bridgehead atoms. The maximum absolute atomic E-state index is 10.6. The first-order valence-corrected chi connectivity index (χ1v) is 6.80. The summed E-state index contributed by atoms with van der Waals surface area (Å²) in [5.41, 5.74) is 0.841. The number of nitrogens with zero attached hydrogens (tertiary/aromatic N) is 2. The van der Waals surface area contributed by atoms with Gasteiger partial charge in [-0.25, -0.2) is 4.98 Å². The zero-order chi connectivity index (χ0) is 14.0. The van der Waals surface area contributed by atoms with Gasteiger partial charge in [-0.15, -0.1) is 0 Å². The van der Waals surface area contributed by atoms with E-state index in [0.717, 1.165) is 16.2 Å². The summed E-state index contributed by atoms with van der Waals surface area (Å²) in [4.78, 5) is 14.0. The molecule has 0 amide bonds. The molecule has 7 heteroatoms.